The van der Waals surface area contributed by atoms with Crippen molar-refractivity contribution < 1.29 is 9.13 Å². The lowest BCUT2D eigenvalue weighted by molar-refractivity contribution is 0.0429. The number of nitrogens with two attached hydrogens (primary N) is 1. The first kappa shape index (κ1) is 14.8. The normalized spacial score (nSPS) is 22.0. The van der Waals surface area contributed by atoms with Crippen LogP contribution in [0.3, 0.4) is 0 Å². The molecule has 23 heavy (non-hydrogen) atoms. The molecular formula is C16H16BrFN4O. The van der Waals surface area contributed by atoms with Crippen LogP contribution < -0.4 is 15.4 Å². The number of anilines is 1. The van der Waals surface area contributed by atoms with Crippen LogP contribution in [-0.2, 0) is 0 Å². The molecule has 3 heterocycles. The number of benzene rings is 1. The zero-order valence-electron chi connectivity index (χ0n) is 12.4. The monoisotopic (exact) mass is 378 g/mol. The first-order chi connectivity index (χ1) is 11.1. The van der Waals surface area contributed by atoms with Crippen LogP contribution in [0.5, 0.6) is 5.75 Å². The highest BCUT2D eigenvalue weighted by atomic mass is 79.9. The summed E-state index contributed by atoms with van der Waals surface area (Å²) in [5.74, 6) is 1.13. The fraction of sp³-hybridized carbons (Fsp3) is 0.375. The predicted molar refractivity (Wildman–Crippen MR) is 87.9 cm³/mol. The summed E-state index contributed by atoms with van der Waals surface area (Å²) in [4.78, 5) is 10.8. The molecule has 2 N–H and O–H groups in total. The molecule has 1 aromatic heterocycles. The van der Waals surface area contributed by atoms with Gasteiger partial charge >= 0.3 is 0 Å². The molecular weight excluding hydrogens is 363 g/mol. The van der Waals surface area contributed by atoms with E-state index in [1.54, 1.807) is 18.5 Å². The van der Waals surface area contributed by atoms with Gasteiger partial charge in [-0.1, -0.05) is 6.07 Å². The van der Waals surface area contributed by atoms with Crippen LogP contribution in [0.1, 0.15) is 24.4 Å². The molecule has 1 atom stereocenters. The quantitative estimate of drug-likeness (QED) is 0.826. The minimum atomic E-state index is -0.449. The predicted octanol–water partition coefficient (Wildman–Crippen LogP) is 2.81. The van der Waals surface area contributed by atoms with Gasteiger partial charge in [-0.3, -0.25) is 0 Å². The van der Waals surface area contributed by atoms with Crippen molar-refractivity contribution >= 4 is 21.7 Å². The van der Waals surface area contributed by atoms with Crippen LogP contribution in [0, 0.1) is 5.82 Å². The van der Waals surface area contributed by atoms with Gasteiger partial charge in [0.05, 0.1) is 18.4 Å². The third-order valence-electron chi connectivity index (χ3n) is 4.73. The van der Waals surface area contributed by atoms with Crippen molar-refractivity contribution in [3.05, 3.63) is 46.6 Å². The van der Waals surface area contributed by atoms with Crippen molar-refractivity contribution in [3.63, 3.8) is 0 Å². The zero-order chi connectivity index (χ0) is 16.0. The zero-order valence-corrected chi connectivity index (χ0v) is 14.0. The smallest absolute Gasteiger partial charge is 0.147 e. The van der Waals surface area contributed by atoms with Crippen LogP contribution in [0.25, 0.3) is 0 Å². The molecule has 1 saturated heterocycles. The Balaban J connectivity index is 1.52. The van der Waals surface area contributed by atoms with Gasteiger partial charge in [-0.05, 0) is 22.0 Å². The largest absolute Gasteiger partial charge is 0.485 e. The fourth-order valence-electron chi connectivity index (χ4n) is 3.42. The fourth-order valence-corrected chi connectivity index (χ4v) is 3.62. The number of hydrogen-bond donors (Lipinski definition) is 1. The summed E-state index contributed by atoms with van der Waals surface area (Å²) in [5, 5.41) is 0. The van der Waals surface area contributed by atoms with Crippen LogP contribution >= 0.6 is 15.9 Å². The molecule has 1 aromatic carbocycles. The van der Waals surface area contributed by atoms with E-state index in [-0.39, 0.29) is 11.9 Å². The Hall–Kier alpha value is -1.73. The van der Waals surface area contributed by atoms with E-state index in [1.165, 1.54) is 12.1 Å². The highest BCUT2D eigenvalue weighted by Crippen LogP contribution is 2.47. The standard InChI is InChI=1S/C16H16BrFN4O/c17-13-8-21-14(9-20-13)22-5-3-16(4-6-22)15(19)11-2-1-10(18)7-12(11)23-16/h1-2,7-9,15H,3-6,19H2. The summed E-state index contributed by atoms with van der Waals surface area (Å²) in [7, 11) is 0. The van der Waals surface area contributed by atoms with E-state index in [4.69, 9.17) is 10.5 Å². The molecule has 2 aliphatic heterocycles. The Labute approximate surface area is 141 Å². The maximum absolute atomic E-state index is 13.4. The van der Waals surface area contributed by atoms with Gasteiger partial charge in [0.1, 0.15) is 27.6 Å². The maximum Gasteiger partial charge on any atom is 0.147 e. The van der Waals surface area contributed by atoms with Crippen molar-refractivity contribution in [2.75, 3.05) is 18.0 Å². The Morgan fingerprint density at radius 3 is 2.74 bits per heavy atom. The third kappa shape index (κ3) is 2.48. The molecule has 7 heteroatoms. The Bertz CT molecular complexity index is 731. The number of piperidine rings is 1. The molecule has 1 spiro atoms. The Kier molecular flexibility index (Phi) is 3.50. The minimum absolute atomic E-state index is 0.226. The second-order valence-electron chi connectivity index (χ2n) is 6.01. The van der Waals surface area contributed by atoms with Crippen LogP contribution in [0.4, 0.5) is 10.2 Å². The molecule has 5 nitrogen and oxygen atoms in total. The molecule has 1 fully saturated rings. The summed E-state index contributed by atoms with van der Waals surface area (Å²) in [6.45, 7) is 1.56. The van der Waals surface area contributed by atoms with E-state index in [2.05, 4.69) is 30.8 Å². The van der Waals surface area contributed by atoms with Crippen molar-refractivity contribution in [2.45, 2.75) is 24.5 Å². The van der Waals surface area contributed by atoms with Gasteiger partial charge < -0.3 is 15.4 Å². The summed E-state index contributed by atoms with van der Waals surface area (Å²) >= 11 is 3.29. The Morgan fingerprint density at radius 1 is 1.26 bits per heavy atom. The topological polar surface area (TPSA) is 64.3 Å². The molecule has 0 amide bonds. The number of fused-ring (bicyclic) bond motifs is 1. The van der Waals surface area contributed by atoms with Gasteiger partial charge in [0.25, 0.3) is 0 Å². The molecule has 0 bridgehead atoms. The molecule has 0 saturated carbocycles. The van der Waals surface area contributed by atoms with Crippen LogP contribution in [0.2, 0.25) is 0 Å². The molecule has 1 unspecified atom stereocenters. The lowest BCUT2D eigenvalue weighted by atomic mass is 9.83. The number of hydrogen-bond acceptors (Lipinski definition) is 5. The SMILES string of the molecule is NC1c2ccc(F)cc2OC12CCN(c1cnc(Br)cn1)CC2. The molecule has 4 rings (SSSR count). The second kappa shape index (κ2) is 5.42. The second-order valence-corrected chi connectivity index (χ2v) is 6.82. The maximum atomic E-state index is 13.4. The van der Waals surface area contributed by atoms with E-state index >= 15 is 0 Å². The lowest BCUT2D eigenvalue weighted by Gasteiger charge is -2.41. The number of aromatic nitrogens is 2. The van der Waals surface area contributed by atoms with Crippen molar-refractivity contribution in [2.24, 2.45) is 5.73 Å². The third-order valence-corrected chi connectivity index (χ3v) is 5.14. The highest BCUT2D eigenvalue weighted by Gasteiger charge is 2.48. The number of rotatable bonds is 1. The van der Waals surface area contributed by atoms with Crippen molar-refractivity contribution in [1.29, 1.82) is 0 Å². The van der Waals surface area contributed by atoms with Crippen molar-refractivity contribution in [3.8, 4) is 5.75 Å². The summed E-state index contributed by atoms with van der Waals surface area (Å²) < 4.78 is 20.2. The summed E-state index contributed by atoms with van der Waals surface area (Å²) in [6, 6.07) is 4.37. The van der Waals surface area contributed by atoms with Crippen LogP contribution in [-0.4, -0.2) is 28.7 Å². The van der Waals surface area contributed by atoms with Crippen LogP contribution in [0.15, 0.2) is 35.2 Å². The molecule has 120 valence electrons. The van der Waals surface area contributed by atoms with Crippen molar-refractivity contribution in [1.82, 2.24) is 9.97 Å². The Morgan fingerprint density at radius 2 is 2.04 bits per heavy atom. The van der Waals surface area contributed by atoms with Gasteiger partial charge in [0.15, 0.2) is 0 Å². The first-order valence-electron chi connectivity index (χ1n) is 7.54. The van der Waals surface area contributed by atoms with E-state index < -0.39 is 5.60 Å². The van der Waals surface area contributed by atoms with Gasteiger partial charge in [-0.15, -0.1) is 0 Å². The van der Waals surface area contributed by atoms with Gasteiger partial charge in [0, 0.05) is 37.6 Å². The van der Waals surface area contributed by atoms with E-state index in [0.717, 1.165) is 37.3 Å². The molecule has 2 aliphatic rings. The highest BCUT2D eigenvalue weighted by molar-refractivity contribution is 9.10. The van der Waals surface area contributed by atoms with Gasteiger partial charge in [-0.25, -0.2) is 14.4 Å². The molecule has 0 aliphatic carbocycles. The average Bonchev–Trinajstić information content (AvgIpc) is 2.81. The number of nitrogens with zero attached hydrogens (tertiary/aromatic N) is 3. The number of halogens is 2. The van der Waals surface area contributed by atoms with E-state index in [9.17, 15) is 4.39 Å². The molecule has 0 radical (unpaired) electrons. The number of ether oxygens (including phenoxy) is 1. The average molecular weight is 379 g/mol. The molecule has 2 aromatic rings. The van der Waals surface area contributed by atoms with Gasteiger partial charge in [-0.2, -0.15) is 0 Å². The van der Waals surface area contributed by atoms with Gasteiger partial charge in [0.2, 0.25) is 0 Å². The van der Waals surface area contributed by atoms with E-state index in [0.29, 0.717) is 10.4 Å². The van der Waals surface area contributed by atoms with E-state index in [1.807, 2.05) is 0 Å². The first-order valence-corrected chi connectivity index (χ1v) is 8.33. The summed E-state index contributed by atoms with van der Waals surface area (Å²) in [5.41, 5.74) is 6.85. The minimum Gasteiger partial charge on any atom is -0.485 e. The summed E-state index contributed by atoms with van der Waals surface area (Å²) in [6.07, 6.45) is 4.97. The lowest BCUT2D eigenvalue weighted by Crippen LogP contribution is -2.51.